The molecule has 0 atom stereocenters. The summed E-state index contributed by atoms with van der Waals surface area (Å²) in [6.07, 6.45) is 0.544. The average Bonchev–Trinajstić information content (AvgIpc) is 2.33. The van der Waals surface area contributed by atoms with E-state index < -0.39 is 40.9 Å². The minimum absolute atomic E-state index is 0.159. The van der Waals surface area contributed by atoms with Gasteiger partial charge in [-0.3, -0.25) is 9.55 Å². The molecule has 0 unspecified atom stereocenters. The Morgan fingerprint density at radius 1 is 1.22 bits per heavy atom. The zero-order valence-electron chi connectivity index (χ0n) is 10.6. The van der Waals surface area contributed by atoms with Gasteiger partial charge in [0.1, 0.15) is 12.1 Å². The van der Waals surface area contributed by atoms with Gasteiger partial charge in [0.25, 0.3) is 0 Å². The molecule has 0 aliphatic carbocycles. The van der Waals surface area contributed by atoms with E-state index in [0.29, 0.717) is 12.4 Å². The zero-order valence-corrected chi connectivity index (χ0v) is 8.58. The number of nitrogens with one attached hydrogen (secondary N) is 1. The number of H-pyrrole nitrogens is 1. The molecule has 18 heavy (non-hydrogen) atoms. The number of rotatable bonds is 2. The summed E-state index contributed by atoms with van der Waals surface area (Å²) >= 11 is 0. The first kappa shape index (κ1) is 9.63. The van der Waals surface area contributed by atoms with Crippen molar-refractivity contribution < 1.29 is 15.9 Å². The van der Waals surface area contributed by atoms with E-state index in [1.165, 1.54) is 0 Å². The van der Waals surface area contributed by atoms with Crippen LogP contribution in [0.15, 0.2) is 28.0 Å². The number of hydrogen-bond donors (Lipinski definition) is 1. The van der Waals surface area contributed by atoms with Crippen molar-refractivity contribution in [3.63, 3.8) is 0 Å². The summed E-state index contributed by atoms with van der Waals surface area (Å²) in [5, 5.41) is 0. The summed E-state index contributed by atoms with van der Waals surface area (Å²) in [6.45, 7) is -2.87. The number of aromatic nitrogens is 3. The van der Waals surface area contributed by atoms with Crippen LogP contribution in [-0.2, 0) is 6.50 Å². The van der Waals surface area contributed by atoms with E-state index >= 15 is 0 Å². The lowest BCUT2D eigenvalue weighted by molar-refractivity contribution is 0.487. The lowest BCUT2D eigenvalue weighted by Crippen LogP contribution is -2.31. The number of halogens is 3. The predicted octanol–water partition coefficient (Wildman–Crippen LogP) is 0.397. The Morgan fingerprint density at radius 3 is 2.56 bits per heavy atom. The smallest absolute Gasteiger partial charge is 0.279 e. The van der Waals surface area contributed by atoms with Crippen LogP contribution in [0.5, 0.6) is 0 Å². The average molecular weight is 259 g/mol. The summed E-state index contributed by atoms with van der Waals surface area (Å²) in [4.78, 5) is 27.0. The SMILES string of the molecule is [2H]C([2H])(c1cc(F)c(F)cc1F)n1cnc(=O)[nH]c1=O. The number of nitrogens with zero attached hydrogens (tertiary/aromatic N) is 2. The van der Waals surface area contributed by atoms with E-state index in [1.54, 1.807) is 4.98 Å². The van der Waals surface area contributed by atoms with Crippen molar-refractivity contribution >= 4 is 0 Å². The summed E-state index contributed by atoms with van der Waals surface area (Å²) < 4.78 is 55.1. The molecule has 1 N–H and O–H groups in total. The maximum Gasteiger partial charge on any atom is 0.350 e. The second kappa shape index (κ2) is 4.47. The van der Waals surface area contributed by atoms with E-state index in [0.717, 1.165) is 0 Å². The molecule has 1 heterocycles. The van der Waals surface area contributed by atoms with Crippen LogP contribution in [0.1, 0.15) is 8.30 Å². The first-order chi connectivity index (χ1) is 9.23. The van der Waals surface area contributed by atoms with Crippen LogP contribution < -0.4 is 11.4 Å². The molecular weight excluding hydrogens is 251 g/mol. The third kappa shape index (κ3) is 2.31. The van der Waals surface area contributed by atoms with Gasteiger partial charge in [0, 0.05) is 11.6 Å². The zero-order chi connectivity index (χ0) is 15.1. The fourth-order valence-corrected chi connectivity index (χ4v) is 1.16. The topological polar surface area (TPSA) is 67.8 Å². The van der Waals surface area contributed by atoms with Gasteiger partial charge >= 0.3 is 11.4 Å². The molecule has 1 aromatic heterocycles. The van der Waals surface area contributed by atoms with Gasteiger partial charge in [-0.05, 0) is 6.07 Å². The maximum absolute atomic E-state index is 13.6. The van der Waals surface area contributed by atoms with E-state index in [-0.39, 0.29) is 10.6 Å². The van der Waals surface area contributed by atoms with E-state index in [4.69, 9.17) is 2.74 Å². The molecular formula is C10H6F3N3O2. The third-order valence-corrected chi connectivity index (χ3v) is 1.97. The van der Waals surface area contributed by atoms with E-state index in [2.05, 4.69) is 4.98 Å². The van der Waals surface area contributed by atoms with Crippen LogP contribution in [0.25, 0.3) is 0 Å². The van der Waals surface area contributed by atoms with Gasteiger partial charge in [-0.1, -0.05) is 0 Å². The highest BCUT2D eigenvalue weighted by molar-refractivity contribution is 5.20. The molecule has 0 saturated carbocycles. The first-order valence-corrected chi connectivity index (χ1v) is 4.57. The molecule has 2 aromatic rings. The number of benzene rings is 1. The highest BCUT2D eigenvalue weighted by Crippen LogP contribution is 2.14. The third-order valence-electron chi connectivity index (χ3n) is 1.97. The Balaban J connectivity index is 2.69. The minimum Gasteiger partial charge on any atom is -0.279 e. The van der Waals surface area contributed by atoms with Crippen molar-refractivity contribution in [2.75, 3.05) is 0 Å². The van der Waals surface area contributed by atoms with Crippen LogP contribution in [0.3, 0.4) is 0 Å². The molecule has 0 bridgehead atoms. The Kier molecular flexibility index (Phi) is 2.39. The fourth-order valence-electron chi connectivity index (χ4n) is 1.16. The highest BCUT2D eigenvalue weighted by atomic mass is 19.2. The van der Waals surface area contributed by atoms with Crippen LogP contribution in [0, 0.1) is 17.5 Å². The largest absolute Gasteiger partial charge is 0.350 e. The predicted molar refractivity (Wildman–Crippen MR) is 54.5 cm³/mol. The number of aromatic amines is 1. The van der Waals surface area contributed by atoms with Crippen molar-refractivity contribution in [3.05, 3.63) is 62.4 Å². The molecule has 0 amide bonds. The van der Waals surface area contributed by atoms with Gasteiger partial charge in [-0.15, -0.1) is 0 Å². The van der Waals surface area contributed by atoms with Crippen molar-refractivity contribution in [2.24, 2.45) is 0 Å². The van der Waals surface area contributed by atoms with Crippen LogP contribution >= 0.6 is 0 Å². The van der Waals surface area contributed by atoms with Crippen LogP contribution in [0.2, 0.25) is 0 Å². The van der Waals surface area contributed by atoms with E-state index in [9.17, 15) is 22.8 Å². The molecule has 0 spiro atoms. The van der Waals surface area contributed by atoms with Crippen molar-refractivity contribution in [1.82, 2.24) is 14.5 Å². The van der Waals surface area contributed by atoms with Gasteiger partial charge in [0.05, 0.1) is 9.24 Å². The van der Waals surface area contributed by atoms with Crippen molar-refractivity contribution in [1.29, 1.82) is 0 Å². The Bertz CT molecular complexity index is 788. The Morgan fingerprint density at radius 2 is 1.89 bits per heavy atom. The molecule has 0 aliphatic heterocycles. The number of hydrogen-bond acceptors (Lipinski definition) is 3. The van der Waals surface area contributed by atoms with Gasteiger partial charge in [-0.25, -0.2) is 22.8 Å². The summed E-state index contributed by atoms with van der Waals surface area (Å²) in [7, 11) is 0. The molecule has 0 fully saturated rings. The van der Waals surface area contributed by atoms with Gasteiger partial charge in [0.2, 0.25) is 0 Å². The van der Waals surface area contributed by atoms with E-state index in [1.807, 2.05) is 0 Å². The normalized spacial score (nSPS) is 13.1. The molecule has 5 nitrogen and oxygen atoms in total. The van der Waals surface area contributed by atoms with Crippen LogP contribution in [0.4, 0.5) is 13.2 Å². The standard InChI is InChI=1S/C10H6F3N3O2/c11-6-2-8(13)7(12)1-5(6)3-16-4-14-9(17)15-10(16)18/h1-2,4H,3H2,(H,15,17,18)/i3D2. The Labute approximate surface area is 100 Å². The summed E-state index contributed by atoms with van der Waals surface area (Å²) in [6, 6.07) is 0.453. The molecule has 94 valence electrons. The van der Waals surface area contributed by atoms with Crippen LogP contribution in [-0.4, -0.2) is 14.5 Å². The lowest BCUT2D eigenvalue weighted by Gasteiger charge is -2.06. The molecule has 0 radical (unpaired) electrons. The lowest BCUT2D eigenvalue weighted by atomic mass is 10.2. The van der Waals surface area contributed by atoms with Crippen molar-refractivity contribution in [2.45, 2.75) is 6.50 Å². The maximum atomic E-state index is 13.6. The fraction of sp³-hybridized carbons (Fsp3) is 0.100. The molecule has 0 saturated heterocycles. The molecule has 1 aromatic carbocycles. The van der Waals surface area contributed by atoms with Gasteiger partial charge in [-0.2, -0.15) is 4.98 Å². The first-order valence-electron chi connectivity index (χ1n) is 5.57. The van der Waals surface area contributed by atoms with Gasteiger partial charge < -0.3 is 0 Å². The quantitative estimate of drug-likeness (QED) is 0.794. The molecule has 8 heteroatoms. The monoisotopic (exact) mass is 259 g/mol. The summed E-state index contributed by atoms with van der Waals surface area (Å²) in [5.74, 6) is -4.35. The van der Waals surface area contributed by atoms with Gasteiger partial charge in [0.15, 0.2) is 11.6 Å². The second-order valence-corrected chi connectivity index (χ2v) is 3.21. The minimum atomic E-state index is -2.87. The second-order valence-electron chi connectivity index (χ2n) is 3.21. The molecule has 0 aliphatic rings. The highest BCUT2D eigenvalue weighted by Gasteiger charge is 2.11. The molecule has 2 rings (SSSR count). The Hall–Kier alpha value is -2.38. The van der Waals surface area contributed by atoms with Crippen molar-refractivity contribution in [3.8, 4) is 0 Å². The summed E-state index contributed by atoms with van der Waals surface area (Å²) in [5.41, 5.74) is -3.14.